The maximum absolute atomic E-state index is 11.4. The molecule has 0 amide bonds. The normalized spacial score (nSPS) is 37.2. The summed E-state index contributed by atoms with van der Waals surface area (Å²) >= 11 is 0. The molecule has 4 nitrogen and oxygen atoms in total. The van der Waals surface area contributed by atoms with Gasteiger partial charge in [-0.05, 0) is 32.9 Å². The fourth-order valence-corrected chi connectivity index (χ4v) is 2.78. The molecule has 16 heavy (non-hydrogen) atoms. The average molecular weight is 227 g/mol. The second-order valence-corrected chi connectivity index (χ2v) is 5.20. The molecule has 0 aromatic rings. The molecule has 0 radical (unpaired) electrons. The van der Waals surface area contributed by atoms with Crippen molar-refractivity contribution in [2.75, 3.05) is 26.3 Å². The Bertz CT molecular complexity index is 261. The molecule has 2 rings (SSSR count). The highest BCUT2D eigenvalue weighted by molar-refractivity contribution is 5.75. The Hall–Kier alpha value is -0.610. The molecule has 2 fully saturated rings. The van der Waals surface area contributed by atoms with Gasteiger partial charge < -0.3 is 9.84 Å². The molecule has 1 N–H and O–H groups in total. The van der Waals surface area contributed by atoms with Crippen molar-refractivity contribution in [2.24, 2.45) is 5.41 Å². The molecular weight excluding hydrogens is 206 g/mol. The van der Waals surface area contributed by atoms with Crippen LogP contribution in [0.3, 0.4) is 0 Å². The van der Waals surface area contributed by atoms with E-state index in [4.69, 9.17) is 4.74 Å². The van der Waals surface area contributed by atoms with Crippen molar-refractivity contribution in [1.29, 1.82) is 0 Å². The van der Waals surface area contributed by atoms with E-state index in [2.05, 4.69) is 4.90 Å². The third-order valence-electron chi connectivity index (χ3n) is 3.98. The number of likely N-dealkylation sites (tertiary alicyclic amines) is 1. The standard InChI is InChI=1S/C12H21NO3/c1-12(11(14)15)9-16-8-10(12)13-6-4-2-3-5-7-13/h10H,2-9H2,1H3,(H,14,15). The van der Waals surface area contributed by atoms with Gasteiger partial charge in [0.05, 0.1) is 19.3 Å². The van der Waals surface area contributed by atoms with Gasteiger partial charge in [-0.1, -0.05) is 12.8 Å². The summed E-state index contributed by atoms with van der Waals surface area (Å²) in [5.74, 6) is -0.723. The van der Waals surface area contributed by atoms with Crippen LogP contribution in [0.25, 0.3) is 0 Å². The summed E-state index contributed by atoms with van der Waals surface area (Å²) in [7, 11) is 0. The number of hydrogen-bond donors (Lipinski definition) is 1. The smallest absolute Gasteiger partial charge is 0.313 e. The summed E-state index contributed by atoms with van der Waals surface area (Å²) in [6, 6.07) is 0.0584. The molecule has 92 valence electrons. The van der Waals surface area contributed by atoms with E-state index in [1.807, 2.05) is 6.92 Å². The van der Waals surface area contributed by atoms with Gasteiger partial charge in [-0.3, -0.25) is 9.69 Å². The van der Waals surface area contributed by atoms with Crippen molar-refractivity contribution in [1.82, 2.24) is 4.90 Å². The first-order valence-corrected chi connectivity index (χ1v) is 6.20. The molecule has 2 unspecified atom stereocenters. The van der Waals surface area contributed by atoms with Crippen molar-refractivity contribution in [2.45, 2.75) is 38.6 Å². The number of carbonyl (C=O) groups is 1. The van der Waals surface area contributed by atoms with Gasteiger partial charge in [0.25, 0.3) is 0 Å². The summed E-state index contributed by atoms with van der Waals surface area (Å²) < 4.78 is 5.41. The predicted octanol–water partition coefficient (Wildman–Crippen LogP) is 1.35. The van der Waals surface area contributed by atoms with E-state index in [9.17, 15) is 9.90 Å². The number of ether oxygens (including phenoxy) is 1. The Morgan fingerprint density at radius 3 is 2.50 bits per heavy atom. The van der Waals surface area contributed by atoms with Gasteiger partial charge in [0.15, 0.2) is 0 Å². The maximum Gasteiger partial charge on any atom is 0.313 e. The van der Waals surface area contributed by atoms with Crippen LogP contribution in [0.1, 0.15) is 32.6 Å². The lowest BCUT2D eigenvalue weighted by molar-refractivity contribution is -0.150. The molecule has 2 aliphatic rings. The minimum atomic E-state index is -0.723. The van der Waals surface area contributed by atoms with Crippen LogP contribution in [0, 0.1) is 5.41 Å². The van der Waals surface area contributed by atoms with Crippen LogP contribution in [0.4, 0.5) is 0 Å². The minimum Gasteiger partial charge on any atom is -0.481 e. The van der Waals surface area contributed by atoms with Gasteiger partial charge in [0.1, 0.15) is 5.41 Å². The molecule has 0 spiro atoms. The first-order valence-electron chi connectivity index (χ1n) is 6.20. The molecule has 0 aliphatic carbocycles. The fraction of sp³-hybridized carbons (Fsp3) is 0.917. The van der Waals surface area contributed by atoms with Crippen molar-refractivity contribution >= 4 is 5.97 Å². The van der Waals surface area contributed by atoms with Crippen LogP contribution in [-0.2, 0) is 9.53 Å². The van der Waals surface area contributed by atoms with Gasteiger partial charge >= 0.3 is 5.97 Å². The number of carboxylic acid groups (broad SMARTS) is 1. The lowest BCUT2D eigenvalue weighted by Crippen LogP contribution is -2.50. The van der Waals surface area contributed by atoms with Crippen molar-refractivity contribution < 1.29 is 14.6 Å². The van der Waals surface area contributed by atoms with Crippen LogP contribution >= 0.6 is 0 Å². The maximum atomic E-state index is 11.4. The second-order valence-electron chi connectivity index (χ2n) is 5.20. The fourth-order valence-electron chi connectivity index (χ4n) is 2.78. The topological polar surface area (TPSA) is 49.8 Å². The number of carboxylic acids is 1. The van der Waals surface area contributed by atoms with Crippen molar-refractivity contribution in [3.8, 4) is 0 Å². The molecule has 0 saturated carbocycles. The highest BCUT2D eigenvalue weighted by atomic mass is 16.5. The third-order valence-corrected chi connectivity index (χ3v) is 3.98. The summed E-state index contributed by atoms with van der Waals surface area (Å²) in [5.41, 5.74) is -0.718. The first-order chi connectivity index (χ1) is 7.64. The monoisotopic (exact) mass is 227 g/mol. The molecule has 0 bridgehead atoms. The third kappa shape index (κ3) is 2.09. The van der Waals surface area contributed by atoms with E-state index in [0.717, 1.165) is 13.1 Å². The predicted molar refractivity (Wildman–Crippen MR) is 60.4 cm³/mol. The second kappa shape index (κ2) is 4.72. The van der Waals surface area contributed by atoms with E-state index in [-0.39, 0.29) is 6.04 Å². The zero-order chi connectivity index (χ0) is 11.6. The Labute approximate surface area is 96.6 Å². The van der Waals surface area contributed by atoms with E-state index in [1.165, 1.54) is 25.7 Å². The Balaban J connectivity index is 2.09. The minimum absolute atomic E-state index is 0.0584. The molecule has 0 aromatic carbocycles. The Morgan fingerprint density at radius 2 is 1.94 bits per heavy atom. The number of hydrogen-bond acceptors (Lipinski definition) is 3. The molecule has 0 aromatic heterocycles. The van der Waals surface area contributed by atoms with Crippen LogP contribution in [0.15, 0.2) is 0 Å². The van der Waals surface area contributed by atoms with Crippen LogP contribution in [-0.4, -0.2) is 48.3 Å². The average Bonchev–Trinajstić information content (AvgIpc) is 2.51. The summed E-state index contributed by atoms with van der Waals surface area (Å²) in [4.78, 5) is 13.7. The highest BCUT2D eigenvalue weighted by Crippen LogP contribution is 2.33. The van der Waals surface area contributed by atoms with Crippen LogP contribution in [0.2, 0.25) is 0 Å². The van der Waals surface area contributed by atoms with Crippen LogP contribution in [0.5, 0.6) is 0 Å². The zero-order valence-electron chi connectivity index (χ0n) is 9.95. The largest absolute Gasteiger partial charge is 0.481 e. The van der Waals surface area contributed by atoms with E-state index in [0.29, 0.717) is 13.2 Å². The van der Waals surface area contributed by atoms with Gasteiger partial charge in [-0.2, -0.15) is 0 Å². The van der Waals surface area contributed by atoms with E-state index >= 15 is 0 Å². The van der Waals surface area contributed by atoms with E-state index < -0.39 is 11.4 Å². The first kappa shape index (κ1) is 11.9. The number of rotatable bonds is 2. The van der Waals surface area contributed by atoms with Gasteiger partial charge in [0, 0.05) is 0 Å². The molecule has 2 heterocycles. The van der Waals surface area contributed by atoms with Gasteiger partial charge in [-0.25, -0.2) is 0 Å². The van der Waals surface area contributed by atoms with Gasteiger partial charge in [-0.15, -0.1) is 0 Å². The quantitative estimate of drug-likeness (QED) is 0.773. The van der Waals surface area contributed by atoms with Crippen molar-refractivity contribution in [3.05, 3.63) is 0 Å². The van der Waals surface area contributed by atoms with Gasteiger partial charge in [0.2, 0.25) is 0 Å². The van der Waals surface area contributed by atoms with Crippen LogP contribution < -0.4 is 0 Å². The van der Waals surface area contributed by atoms with E-state index in [1.54, 1.807) is 0 Å². The molecule has 2 aliphatic heterocycles. The number of nitrogens with zero attached hydrogens (tertiary/aromatic N) is 1. The zero-order valence-corrected chi connectivity index (χ0v) is 9.95. The Kier molecular flexibility index (Phi) is 3.50. The lowest BCUT2D eigenvalue weighted by atomic mass is 9.84. The molecule has 4 heteroatoms. The highest BCUT2D eigenvalue weighted by Gasteiger charge is 2.49. The molecule has 2 atom stereocenters. The SMILES string of the molecule is CC1(C(=O)O)COCC1N1CCCCCC1. The summed E-state index contributed by atoms with van der Waals surface area (Å²) in [5, 5.41) is 9.34. The Morgan fingerprint density at radius 1 is 1.31 bits per heavy atom. The lowest BCUT2D eigenvalue weighted by Gasteiger charge is -2.34. The summed E-state index contributed by atoms with van der Waals surface area (Å²) in [6.07, 6.45) is 4.92. The number of aliphatic carboxylic acids is 1. The van der Waals surface area contributed by atoms with Crippen molar-refractivity contribution in [3.63, 3.8) is 0 Å². The molecular formula is C12H21NO3. The molecule has 2 saturated heterocycles. The summed E-state index contributed by atoms with van der Waals surface area (Å²) in [6.45, 7) is 4.79.